The summed E-state index contributed by atoms with van der Waals surface area (Å²) in [5.41, 5.74) is 5.94. The fourth-order valence-corrected chi connectivity index (χ4v) is 4.27. The SMILES string of the molecule is C[N+]12CCC(CC1)C(=C(c1ccccc1)c1ccccc1)C2.[Br-]. The molecular weight excluding hydrogens is 346 g/mol. The van der Waals surface area contributed by atoms with E-state index in [0.717, 1.165) is 5.92 Å². The van der Waals surface area contributed by atoms with Crippen molar-refractivity contribution in [3.63, 3.8) is 0 Å². The summed E-state index contributed by atoms with van der Waals surface area (Å²) in [7, 11) is 2.43. The Morgan fingerprint density at radius 3 is 1.74 bits per heavy atom. The largest absolute Gasteiger partial charge is 1.00 e. The van der Waals surface area contributed by atoms with Gasteiger partial charge in [-0.2, -0.15) is 0 Å². The van der Waals surface area contributed by atoms with E-state index in [1.54, 1.807) is 5.57 Å². The molecule has 0 radical (unpaired) electrons. The fourth-order valence-electron chi connectivity index (χ4n) is 4.27. The third-order valence-corrected chi connectivity index (χ3v) is 5.53. The van der Waals surface area contributed by atoms with Crippen molar-refractivity contribution in [2.24, 2.45) is 5.92 Å². The van der Waals surface area contributed by atoms with Gasteiger partial charge in [-0.25, -0.2) is 0 Å². The highest BCUT2D eigenvalue weighted by Gasteiger charge is 2.41. The number of benzene rings is 2. The molecule has 0 amide bonds. The van der Waals surface area contributed by atoms with E-state index >= 15 is 0 Å². The summed E-state index contributed by atoms with van der Waals surface area (Å²) in [6, 6.07) is 22.0. The Kier molecular flexibility index (Phi) is 4.74. The Morgan fingerprint density at radius 2 is 1.30 bits per heavy atom. The van der Waals surface area contributed by atoms with E-state index < -0.39 is 0 Å². The summed E-state index contributed by atoms with van der Waals surface area (Å²) < 4.78 is 1.23. The van der Waals surface area contributed by atoms with Crippen LogP contribution < -0.4 is 17.0 Å². The van der Waals surface area contributed by atoms with E-state index in [4.69, 9.17) is 0 Å². The monoisotopic (exact) mass is 369 g/mol. The first-order valence-corrected chi connectivity index (χ1v) is 8.43. The molecule has 1 nitrogen and oxygen atoms in total. The lowest BCUT2D eigenvalue weighted by Crippen LogP contribution is -3.00. The van der Waals surface area contributed by atoms with E-state index in [2.05, 4.69) is 67.7 Å². The molecule has 0 saturated carbocycles. The van der Waals surface area contributed by atoms with Crippen LogP contribution in [0.3, 0.4) is 0 Å². The summed E-state index contributed by atoms with van der Waals surface area (Å²) >= 11 is 0. The van der Waals surface area contributed by atoms with Crippen LogP contribution in [0, 0.1) is 5.92 Å². The van der Waals surface area contributed by atoms with Crippen LogP contribution in [-0.4, -0.2) is 31.2 Å². The van der Waals surface area contributed by atoms with Crippen molar-refractivity contribution >= 4 is 5.57 Å². The number of likely N-dealkylation sites (N-methyl/N-ethyl adjacent to an activating group) is 1. The zero-order valence-corrected chi connectivity index (χ0v) is 15.3. The van der Waals surface area contributed by atoms with E-state index in [-0.39, 0.29) is 17.0 Å². The normalized spacial score (nSPS) is 25.8. The highest BCUT2D eigenvalue weighted by atomic mass is 79.9. The Balaban J connectivity index is 0.00000156. The van der Waals surface area contributed by atoms with Crippen molar-refractivity contribution in [1.82, 2.24) is 0 Å². The summed E-state index contributed by atoms with van der Waals surface area (Å²) in [4.78, 5) is 0. The van der Waals surface area contributed by atoms with Gasteiger partial charge >= 0.3 is 0 Å². The number of hydrogen-bond acceptors (Lipinski definition) is 0. The minimum atomic E-state index is 0. The minimum absolute atomic E-state index is 0. The minimum Gasteiger partial charge on any atom is -1.00 e. The second-order valence-electron chi connectivity index (χ2n) is 7.13. The molecule has 3 heterocycles. The van der Waals surface area contributed by atoms with Crippen LogP contribution in [-0.2, 0) is 0 Å². The van der Waals surface area contributed by atoms with Gasteiger partial charge < -0.3 is 21.5 Å². The molecule has 3 saturated heterocycles. The Hall–Kier alpha value is -1.38. The Labute approximate surface area is 150 Å². The van der Waals surface area contributed by atoms with Gasteiger partial charge in [-0.15, -0.1) is 0 Å². The van der Waals surface area contributed by atoms with Crippen molar-refractivity contribution in [3.8, 4) is 0 Å². The molecule has 0 N–H and O–H groups in total. The van der Waals surface area contributed by atoms with Gasteiger partial charge in [0.25, 0.3) is 0 Å². The topological polar surface area (TPSA) is 0 Å². The van der Waals surface area contributed by atoms with Crippen LogP contribution in [0.25, 0.3) is 5.57 Å². The number of hydrogen-bond donors (Lipinski definition) is 0. The summed E-state index contributed by atoms with van der Waals surface area (Å²) in [5, 5.41) is 0. The maximum Gasteiger partial charge on any atom is 0.101 e. The maximum atomic E-state index is 2.43. The van der Waals surface area contributed by atoms with Crippen LogP contribution in [0.2, 0.25) is 0 Å². The van der Waals surface area contributed by atoms with Crippen LogP contribution in [0.15, 0.2) is 66.2 Å². The van der Waals surface area contributed by atoms with Crippen LogP contribution in [0.4, 0.5) is 0 Å². The first-order valence-electron chi connectivity index (χ1n) is 8.43. The number of quaternary nitrogens is 1. The number of rotatable bonds is 2. The first kappa shape index (κ1) is 16.5. The molecule has 3 aliphatic rings. The molecule has 3 fully saturated rings. The van der Waals surface area contributed by atoms with Crippen molar-refractivity contribution in [3.05, 3.63) is 77.4 Å². The van der Waals surface area contributed by atoms with Gasteiger partial charge in [-0.3, -0.25) is 0 Å². The summed E-state index contributed by atoms with van der Waals surface area (Å²) in [5.74, 6) is 0.787. The van der Waals surface area contributed by atoms with E-state index in [0.29, 0.717) is 0 Å². The lowest BCUT2D eigenvalue weighted by atomic mass is 9.77. The molecule has 3 aliphatic heterocycles. The molecule has 2 aromatic carbocycles. The van der Waals surface area contributed by atoms with Gasteiger partial charge in [-0.05, 0) is 28.2 Å². The third kappa shape index (κ3) is 3.15. The molecule has 120 valence electrons. The Bertz CT molecular complexity index is 641. The summed E-state index contributed by atoms with van der Waals surface area (Å²) in [6.45, 7) is 3.93. The van der Waals surface area contributed by atoms with E-state index in [1.165, 1.54) is 53.7 Å². The average molecular weight is 370 g/mol. The second-order valence-corrected chi connectivity index (χ2v) is 7.13. The molecule has 0 aromatic heterocycles. The number of nitrogens with zero attached hydrogens (tertiary/aromatic N) is 1. The van der Waals surface area contributed by atoms with Gasteiger partial charge in [-0.1, -0.05) is 60.7 Å². The average Bonchev–Trinajstić information content (AvgIpc) is 2.57. The zero-order valence-electron chi connectivity index (χ0n) is 13.7. The van der Waals surface area contributed by atoms with Crippen molar-refractivity contribution in [2.75, 3.05) is 26.7 Å². The highest BCUT2D eigenvalue weighted by molar-refractivity contribution is 5.82. The van der Waals surface area contributed by atoms with E-state index in [9.17, 15) is 0 Å². The molecule has 2 heteroatoms. The quantitative estimate of drug-likeness (QED) is 0.701. The van der Waals surface area contributed by atoms with Gasteiger partial charge in [0.05, 0.1) is 20.1 Å². The van der Waals surface area contributed by atoms with Crippen molar-refractivity contribution in [2.45, 2.75) is 12.8 Å². The first-order chi connectivity index (χ1) is 10.8. The molecule has 0 unspecified atom stereocenters. The van der Waals surface area contributed by atoms with Crippen LogP contribution in [0.5, 0.6) is 0 Å². The lowest BCUT2D eigenvalue weighted by Gasteiger charge is -2.48. The zero-order chi connectivity index (χ0) is 15.0. The lowest BCUT2D eigenvalue weighted by molar-refractivity contribution is -0.917. The van der Waals surface area contributed by atoms with Gasteiger partial charge in [0.2, 0.25) is 0 Å². The van der Waals surface area contributed by atoms with Crippen molar-refractivity contribution in [1.29, 1.82) is 0 Å². The molecule has 2 bridgehead atoms. The second kappa shape index (κ2) is 6.62. The smallest absolute Gasteiger partial charge is 0.101 e. The van der Waals surface area contributed by atoms with Gasteiger partial charge in [0.1, 0.15) is 6.54 Å². The standard InChI is InChI=1S/C21H24N.BrH/c1-22-14-12-17(13-15-22)20(16-22)21(18-8-4-2-5-9-18)19-10-6-3-7-11-19;/h2-11,17H,12-16H2,1H3;1H/q+1;/p-1. The maximum absolute atomic E-state index is 2.43. The predicted octanol–water partition coefficient (Wildman–Crippen LogP) is 1.36. The molecule has 5 rings (SSSR count). The van der Waals surface area contributed by atoms with Gasteiger partial charge in [0.15, 0.2) is 0 Å². The van der Waals surface area contributed by atoms with Crippen LogP contribution >= 0.6 is 0 Å². The molecule has 23 heavy (non-hydrogen) atoms. The van der Waals surface area contributed by atoms with Gasteiger partial charge in [0, 0.05) is 12.8 Å². The highest BCUT2D eigenvalue weighted by Crippen LogP contribution is 2.41. The fraction of sp³-hybridized carbons (Fsp3) is 0.333. The molecule has 0 atom stereocenters. The molecule has 0 aliphatic carbocycles. The number of fused-ring (bicyclic) bond motifs is 3. The van der Waals surface area contributed by atoms with E-state index in [1.807, 2.05) is 0 Å². The Morgan fingerprint density at radius 1 is 0.826 bits per heavy atom. The van der Waals surface area contributed by atoms with Crippen LogP contribution in [0.1, 0.15) is 24.0 Å². The third-order valence-electron chi connectivity index (χ3n) is 5.53. The number of piperidine rings is 3. The number of halogens is 1. The van der Waals surface area contributed by atoms with Crippen molar-refractivity contribution < 1.29 is 21.5 Å². The summed E-state index contributed by atoms with van der Waals surface area (Å²) in [6.07, 6.45) is 2.71. The predicted molar refractivity (Wildman–Crippen MR) is 92.4 cm³/mol. The molecule has 2 aromatic rings. The molecular formula is C21H24BrN. The molecule has 0 spiro atoms.